The topological polar surface area (TPSA) is 71.8 Å². The Hall–Kier alpha value is -1.36. The van der Waals surface area contributed by atoms with Gasteiger partial charge in [-0.15, -0.1) is 11.3 Å². The molecule has 0 aliphatic heterocycles. The Balaban J connectivity index is 3.02. The van der Waals surface area contributed by atoms with Crippen molar-refractivity contribution in [2.24, 2.45) is 0 Å². The van der Waals surface area contributed by atoms with Gasteiger partial charge in [0.2, 0.25) is 0 Å². The summed E-state index contributed by atoms with van der Waals surface area (Å²) in [4.78, 5) is 16.9. The van der Waals surface area contributed by atoms with E-state index in [0.29, 0.717) is 5.82 Å². The second kappa shape index (κ2) is 2.06. The molecule has 56 valence electrons. The van der Waals surface area contributed by atoms with Crippen molar-refractivity contribution < 1.29 is 0 Å². The van der Waals surface area contributed by atoms with Crippen LogP contribution in [0.3, 0.4) is 0 Å². The van der Waals surface area contributed by atoms with Crippen LogP contribution in [-0.2, 0) is 0 Å². The molecule has 0 saturated carbocycles. The van der Waals surface area contributed by atoms with Crippen LogP contribution in [0, 0.1) is 0 Å². The van der Waals surface area contributed by atoms with Crippen LogP contribution in [0.15, 0.2) is 16.2 Å². The molecule has 3 N–H and O–H groups in total. The summed E-state index contributed by atoms with van der Waals surface area (Å²) in [6, 6.07) is 1.80. The molecule has 0 bridgehead atoms. The van der Waals surface area contributed by atoms with Crippen molar-refractivity contribution >= 4 is 27.4 Å². The zero-order chi connectivity index (χ0) is 7.84. The highest BCUT2D eigenvalue weighted by atomic mass is 32.1. The molecule has 0 spiro atoms. The predicted molar refractivity (Wildman–Crippen MR) is 44.7 cm³/mol. The average Bonchev–Trinajstić information content (AvgIpc) is 2.34. The third-order valence-corrected chi connectivity index (χ3v) is 2.30. The number of nitrogens with one attached hydrogen (secondary N) is 1. The molecule has 0 saturated heterocycles. The number of nitrogen functional groups attached to an aromatic ring is 1. The smallest absolute Gasteiger partial charge is 0.347 e. The number of aromatic nitrogens is 2. The lowest BCUT2D eigenvalue weighted by Gasteiger charge is -1.91. The van der Waals surface area contributed by atoms with Gasteiger partial charge in [-0.25, -0.2) is 4.79 Å². The molecule has 2 aromatic rings. The normalized spacial score (nSPS) is 10.5. The number of fused-ring (bicyclic) bond motifs is 1. The van der Waals surface area contributed by atoms with Gasteiger partial charge in [-0.1, -0.05) is 0 Å². The van der Waals surface area contributed by atoms with Crippen molar-refractivity contribution in [2.75, 3.05) is 5.73 Å². The fourth-order valence-corrected chi connectivity index (χ4v) is 1.66. The monoisotopic (exact) mass is 167 g/mol. The van der Waals surface area contributed by atoms with E-state index in [2.05, 4.69) is 9.97 Å². The summed E-state index contributed by atoms with van der Waals surface area (Å²) >= 11 is 1.46. The van der Waals surface area contributed by atoms with Crippen LogP contribution in [0.2, 0.25) is 0 Å². The maximum atomic E-state index is 10.8. The van der Waals surface area contributed by atoms with Crippen LogP contribution in [-0.4, -0.2) is 9.97 Å². The fraction of sp³-hybridized carbons (Fsp3) is 0. The van der Waals surface area contributed by atoms with E-state index in [4.69, 9.17) is 5.73 Å². The number of nitrogens with zero attached hydrogens (tertiary/aromatic N) is 1. The lowest BCUT2D eigenvalue weighted by atomic mass is 10.4. The number of thiophene rings is 1. The lowest BCUT2D eigenvalue weighted by molar-refractivity contribution is 1.13. The first kappa shape index (κ1) is 6.36. The standard InChI is InChI=1S/C6H5N3OS/c7-5-4-3(1-2-11-4)8-6(10)9-5/h1-2H,(H3,7,8,9,10). The van der Waals surface area contributed by atoms with Crippen molar-refractivity contribution in [1.29, 1.82) is 0 Å². The van der Waals surface area contributed by atoms with E-state index in [-0.39, 0.29) is 0 Å². The summed E-state index contributed by atoms with van der Waals surface area (Å²) in [6.45, 7) is 0. The van der Waals surface area contributed by atoms with Crippen molar-refractivity contribution in [3.8, 4) is 0 Å². The molecule has 2 aromatic heterocycles. The molecule has 11 heavy (non-hydrogen) atoms. The minimum atomic E-state index is -0.395. The molecule has 4 nitrogen and oxygen atoms in total. The van der Waals surface area contributed by atoms with Gasteiger partial charge in [-0.3, -0.25) is 0 Å². The highest BCUT2D eigenvalue weighted by molar-refractivity contribution is 7.17. The first-order chi connectivity index (χ1) is 5.27. The van der Waals surface area contributed by atoms with E-state index in [9.17, 15) is 4.79 Å². The first-order valence-corrected chi connectivity index (χ1v) is 3.88. The molecule has 0 atom stereocenters. The van der Waals surface area contributed by atoms with Crippen molar-refractivity contribution in [3.63, 3.8) is 0 Å². The van der Waals surface area contributed by atoms with Crippen LogP contribution in [0.5, 0.6) is 0 Å². The first-order valence-electron chi connectivity index (χ1n) is 3.00. The number of rotatable bonds is 0. The zero-order valence-electron chi connectivity index (χ0n) is 5.50. The molecule has 0 fully saturated rings. The maximum Gasteiger partial charge on any atom is 0.347 e. The number of H-pyrrole nitrogens is 1. The lowest BCUT2D eigenvalue weighted by Crippen LogP contribution is -2.11. The molecular weight excluding hydrogens is 162 g/mol. The van der Waals surface area contributed by atoms with Crippen LogP contribution in [0.25, 0.3) is 10.2 Å². The largest absolute Gasteiger partial charge is 0.382 e. The Kier molecular flexibility index (Phi) is 1.19. The summed E-state index contributed by atoms with van der Waals surface area (Å²) in [5, 5.41) is 1.86. The zero-order valence-corrected chi connectivity index (χ0v) is 6.31. The highest BCUT2D eigenvalue weighted by Crippen LogP contribution is 2.20. The van der Waals surface area contributed by atoms with E-state index in [1.165, 1.54) is 11.3 Å². The number of anilines is 1. The van der Waals surface area contributed by atoms with E-state index >= 15 is 0 Å². The van der Waals surface area contributed by atoms with E-state index in [1.807, 2.05) is 5.38 Å². The van der Waals surface area contributed by atoms with Crippen molar-refractivity contribution in [3.05, 3.63) is 21.9 Å². The molecule has 0 amide bonds. The Labute approximate surface area is 65.7 Å². The maximum absolute atomic E-state index is 10.8. The summed E-state index contributed by atoms with van der Waals surface area (Å²) in [6.07, 6.45) is 0. The molecule has 2 heterocycles. The quantitative estimate of drug-likeness (QED) is 0.602. The summed E-state index contributed by atoms with van der Waals surface area (Å²) in [7, 11) is 0. The minimum absolute atomic E-state index is 0.304. The Bertz CT molecular complexity index is 444. The summed E-state index contributed by atoms with van der Waals surface area (Å²) in [5.74, 6) is 0.304. The summed E-state index contributed by atoms with van der Waals surface area (Å²) < 4.78 is 0.838. The van der Waals surface area contributed by atoms with Crippen molar-refractivity contribution in [2.45, 2.75) is 0 Å². The molecule has 5 heteroatoms. The van der Waals surface area contributed by atoms with Crippen LogP contribution in [0.1, 0.15) is 0 Å². The third kappa shape index (κ3) is 0.894. The number of hydrogen-bond donors (Lipinski definition) is 2. The van der Waals surface area contributed by atoms with Crippen molar-refractivity contribution in [1.82, 2.24) is 9.97 Å². The molecular formula is C6H5N3OS. The van der Waals surface area contributed by atoms with Gasteiger partial charge >= 0.3 is 5.69 Å². The van der Waals surface area contributed by atoms with Gasteiger partial charge in [-0.2, -0.15) is 4.98 Å². The predicted octanol–water partition coefficient (Wildman–Crippen LogP) is 0.567. The highest BCUT2D eigenvalue weighted by Gasteiger charge is 2.00. The van der Waals surface area contributed by atoms with Gasteiger partial charge in [0.05, 0.1) is 10.2 Å². The number of aromatic amines is 1. The van der Waals surface area contributed by atoms with Gasteiger partial charge in [0.1, 0.15) is 5.82 Å². The SMILES string of the molecule is Nc1nc(=O)[nH]c2ccsc12. The third-order valence-electron chi connectivity index (χ3n) is 1.36. The molecule has 0 unspecified atom stereocenters. The van der Waals surface area contributed by atoms with E-state index < -0.39 is 5.69 Å². The van der Waals surface area contributed by atoms with Gasteiger partial charge in [-0.05, 0) is 11.4 Å². The van der Waals surface area contributed by atoms with E-state index in [0.717, 1.165) is 10.2 Å². The Morgan fingerprint density at radius 3 is 3.27 bits per heavy atom. The number of hydrogen-bond acceptors (Lipinski definition) is 4. The van der Waals surface area contributed by atoms with Gasteiger partial charge in [0.25, 0.3) is 0 Å². The number of nitrogens with two attached hydrogens (primary N) is 1. The molecule has 0 aliphatic rings. The molecule has 0 radical (unpaired) electrons. The average molecular weight is 167 g/mol. The second-order valence-electron chi connectivity index (χ2n) is 2.09. The Morgan fingerprint density at radius 2 is 2.45 bits per heavy atom. The second-order valence-corrected chi connectivity index (χ2v) is 3.01. The van der Waals surface area contributed by atoms with E-state index in [1.54, 1.807) is 6.07 Å². The van der Waals surface area contributed by atoms with Gasteiger partial charge in [0, 0.05) is 0 Å². The molecule has 2 rings (SSSR count). The van der Waals surface area contributed by atoms with Crippen LogP contribution >= 0.6 is 11.3 Å². The van der Waals surface area contributed by atoms with Gasteiger partial charge < -0.3 is 10.7 Å². The Morgan fingerprint density at radius 1 is 1.64 bits per heavy atom. The fourth-order valence-electron chi connectivity index (χ4n) is 0.909. The molecule has 0 aromatic carbocycles. The minimum Gasteiger partial charge on any atom is -0.382 e. The van der Waals surface area contributed by atoms with Gasteiger partial charge in [0.15, 0.2) is 0 Å². The van der Waals surface area contributed by atoms with Crippen LogP contribution < -0.4 is 11.4 Å². The van der Waals surface area contributed by atoms with Crippen LogP contribution in [0.4, 0.5) is 5.82 Å². The molecule has 0 aliphatic carbocycles. The summed E-state index contributed by atoms with van der Waals surface area (Å²) in [5.41, 5.74) is 5.84.